The van der Waals surface area contributed by atoms with Crippen LogP contribution in [0.5, 0.6) is 0 Å². The quantitative estimate of drug-likeness (QED) is 0.633. The van der Waals surface area contributed by atoms with Crippen LogP contribution >= 0.6 is 11.3 Å². The van der Waals surface area contributed by atoms with E-state index in [-0.39, 0.29) is 0 Å². The molecule has 0 spiro atoms. The number of pyridine rings is 1. The van der Waals surface area contributed by atoms with Crippen molar-refractivity contribution in [2.24, 2.45) is 0 Å². The summed E-state index contributed by atoms with van der Waals surface area (Å²) in [4.78, 5) is 5.25. The maximum atomic E-state index is 12.4. The van der Waals surface area contributed by atoms with Crippen molar-refractivity contribution >= 4 is 38.6 Å². The fraction of sp³-hybridized carbons (Fsp3) is 0.211. The van der Waals surface area contributed by atoms with Crippen LogP contribution in [0.4, 0.5) is 17.2 Å². The van der Waals surface area contributed by atoms with E-state index >= 15 is 0 Å². The second-order valence-corrected chi connectivity index (χ2v) is 9.13. The van der Waals surface area contributed by atoms with E-state index in [9.17, 15) is 8.42 Å². The predicted molar refractivity (Wildman–Crippen MR) is 108 cm³/mol. The van der Waals surface area contributed by atoms with Gasteiger partial charge in [-0.3, -0.25) is 4.72 Å². The van der Waals surface area contributed by atoms with Crippen molar-refractivity contribution in [3.63, 3.8) is 0 Å². The van der Waals surface area contributed by atoms with Crippen LogP contribution in [0.25, 0.3) is 0 Å². The maximum absolute atomic E-state index is 12.4. The van der Waals surface area contributed by atoms with Gasteiger partial charge in [-0.15, -0.1) is 11.3 Å². The molecule has 3 aromatic rings. The fourth-order valence-corrected chi connectivity index (χ4v) is 4.74. The highest BCUT2D eigenvalue weighted by molar-refractivity contribution is 7.94. The zero-order chi connectivity index (χ0) is 18.7. The van der Waals surface area contributed by atoms with Crippen LogP contribution in [0.2, 0.25) is 0 Å². The van der Waals surface area contributed by atoms with Crippen LogP contribution in [0.15, 0.2) is 52.9 Å². The smallest absolute Gasteiger partial charge is 0.272 e. The third kappa shape index (κ3) is 4.23. The van der Waals surface area contributed by atoms with Crippen molar-refractivity contribution < 1.29 is 8.42 Å². The number of nitrogens with zero attached hydrogens (tertiary/aromatic N) is 1. The lowest BCUT2D eigenvalue weighted by molar-refractivity contribution is 0.603. The van der Waals surface area contributed by atoms with Gasteiger partial charge in [0, 0.05) is 10.6 Å². The molecule has 0 saturated carbocycles. The van der Waals surface area contributed by atoms with Crippen molar-refractivity contribution in [1.29, 1.82) is 0 Å². The van der Waals surface area contributed by atoms with Crippen molar-refractivity contribution in [1.82, 2.24) is 4.98 Å². The molecule has 26 heavy (non-hydrogen) atoms. The van der Waals surface area contributed by atoms with Crippen LogP contribution < -0.4 is 10.0 Å². The number of hydrogen-bond donors (Lipinski definition) is 2. The summed E-state index contributed by atoms with van der Waals surface area (Å²) >= 11 is 1.28. The van der Waals surface area contributed by atoms with Gasteiger partial charge >= 0.3 is 0 Å². The average molecular weight is 388 g/mol. The van der Waals surface area contributed by atoms with Gasteiger partial charge in [0.05, 0.1) is 11.9 Å². The first-order valence-corrected chi connectivity index (χ1v) is 10.6. The molecule has 0 unspecified atom stereocenters. The molecule has 0 fully saturated rings. The van der Waals surface area contributed by atoms with E-state index in [1.165, 1.54) is 11.3 Å². The van der Waals surface area contributed by atoms with E-state index in [0.29, 0.717) is 10.0 Å². The SMILES string of the molecule is CCc1ccc(S(=O)(=O)Nc2ccc(Nc3cc(C)ccc3C)cn2)s1. The topological polar surface area (TPSA) is 71.1 Å². The Kier molecular flexibility index (Phi) is 5.29. The van der Waals surface area contributed by atoms with Crippen molar-refractivity contribution in [3.8, 4) is 0 Å². The van der Waals surface area contributed by atoms with E-state index in [2.05, 4.69) is 33.2 Å². The molecule has 0 aliphatic rings. The second kappa shape index (κ2) is 7.47. The van der Waals surface area contributed by atoms with Crippen LogP contribution in [0.1, 0.15) is 22.9 Å². The van der Waals surface area contributed by atoms with Crippen LogP contribution in [-0.4, -0.2) is 13.4 Å². The molecule has 2 heterocycles. The Labute approximate surface area is 158 Å². The van der Waals surface area contributed by atoms with Crippen LogP contribution in [0.3, 0.4) is 0 Å². The summed E-state index contributed by atoms with van der Waals surface area (Å²) < 4.78 is 27.7. The summed E-state index contributed by atoms with van der Waals surface area (Å²) in [7, 11) is -3.60. The van der Waals surface area contributed by atoms with Crippen molar-refractivity contribution in [3.05, 3.63) is 64.7 Å². The molecule has 3 rings (SSSR count). The number of aromatic nitrogens is 1. The summed E-state index contributed by atoms with van der Waals surface area (Å²) in [5.41, 5.74) is 4.10. The van der Waals surface area contributed by atoms with Gasteiger partial charge in [0.1, 0.15) is 10.0 Å². The summed E-state index contributed by atoms with van der Waals surface area (Å²) in [6.45, 7) is 6.07. The molecular weight excluding hydrogens is 366 g/mol. The fourth-order valence-electron chi connectivity index (χ4n) is 2.43. The monoisotopic (exact) mass is 387 g/mol. The number of rotatable bonds is 6. The first-order valence-electron chi connectivity index (χ1n) is 8.29. The molecule has 0 saturated heterocycles. The number of nitrogens with one attached hydrogen (secondary N) is 2. The van der Waals surface area contributed by atoms with Crippen LogP contribution in [-0.2, 0) is 16.4 Å². The van der Waals surface area contributed by atoms with Gasteiger partial charge in [0.15, 0.2) is 0 Å². The highest BCUT2D eigenvalue weighted by Crippen LogP contribution is 2.25. The lowest BCUT2D eigenvalue weighted by Gasteiger charge is -2.11. The first-order chi connectivity index (χ1) is 12.4. The highest BCUT2D eigenvalue weighted by atomic mass is 32.2. The third-order valence-electron chi connectivity index (χ3n) is 3.92. The van der Waals surface area contributed by atoms with E-state index in [1.807, 2.05) is 26.8 Å². The van der Waals surface area contributed by atoms with Gasteiger partial charge in [0.2, 0.25) is 0 Å². The normalized spacial score (nSPS) is 11.3. The minimum Gasteiger partial charge on any atom is -0.354 e. The molecule has 136 valence electrons. The lowest BCUT2D eigenvalue weighted by atomic mass is 10.1. The molecular formula is C19H21N3O2S2. The molecule has 2 aromatic heterocycles. The Morgan fingerprint density at radius 1 is 1.08 bits per heavy atom. The van der Waals surface area contributed by atoms with Crippen molar-refractivity contribution in [2.75, 3.05) is 10.0 Å². The largest absolute Gasteiger partial charge is 0.354 e. The van der Waals surface area contributed by atoms with Gasteiger partial charge in [0.25, 0.3) is 10.0 Å². The molecule has 7 heteroatoms. The summed E-state index contributed by atoms with van der Waals surface area (Å²) in [5.74, 6) is 0.294. The number of anilines is 3. The Bertz CT molecular complexity index is 1010. The molecule has 0 amide bonds. The van der Waals surface area contributed by atoms with E-state index < -0.39 is 10.0 Å². The molecule has 0 aliphatic carbocycles. The Hall–Kier alpha value is -2.38. The predicted octanol–water partition coefficient (Wildman–Crippen LogP) is 4.87. The number of benzene rings is 1. The molecule has 0 bridgehead atoms. The Balaban J connectivity index is 1.74. The maximum Gasteiger partial charge on any atom is 0.272 e. The Morgan fingerprint density at radius 3 is 2.54 bits per heavy atom. The number of sulfonamides is 1. The number of aryl methyl sites for hydroxylation is 3. The molecule has 5 nitrogen and oxygen atoms in total. The summed E-state index contributed by atoms with van der Waals surface area (Å²) in [5, 5.41) is 3.31. The number of thiophene rings is 1. The minimum absolute atomic E-state index is 0.294. The molecule has 0 radical (unpaired) electrons. The van der Waals surface area contributed by atoms with Gasteiger partial charge in [-0.1, -0.05) is 19.1 Å². The number of hydrogen-bond acceptors (Lipinski definition) is 5. The van der Waals surface area contributed by atoms with Crippen LogP contribution in [0, 0.1) is 13.8 Å². The average Bonchev–Trinajstić information content (AvgIpc) is 3.10. The summed E-state index contributed by atoms with van der Waals surface area (Å²) in [6, 6.07) is 13.1. The van der Waals surface area contributed by atoms with Gasteiger partial charge in [-0.2, -0.15) is 0 Å². The van der Waals surface area contributed by atoms with Gasteiger partial charge < -0.3 is 5.32 Å². The van der Waals surface area contributed by atoms with E-state index in [0.717, 1.165) is 33.8 Å². The zero-order valence-electron chi connectivity index (χ0n) is 14.9. The van der Waals surface area contributed by atoms with E-state index in [4.69, 9.17) is 0 Å². The Morgan fingerprint density at radius 2 is 1.88 bits per heavy atom. The lowest BCUT2D eigenvalue weighted by Crippen LogP contribution is -2.12. The molecule has 2 N–H and O–H groups in total. The summed E-state index contributed by atoms with van der Waals surface area (Å²) in [6.07, 6.45) is 2.43. The molecule has 1 aromatic carbocycles. The van der Waals surface area contributed by atoms with Gasteiger partial charge in [-0.05, 0) is 61.7 Å². The molecule has 0 aliphatic heterocycles. The molecule has 0 atom stereocenters. The highest BCUT2D eigenvalue weighted by Gasteiger charge is 2.17. The standard InChI is InChI=1S/C19H21N3O2S2/c1-4-16-8-10-19(25-16)26(23,24)22-18-9-7-15(12-20-18)21-17-11-13(2)5-6-14(17)3/h5-12,21H,4H2,1-3H3,(H,20,22). The minimum atomic E-state index is -3.60. The zero-order valence-corrected chi connectivity index (χ0v) is 16.5. The first kappa shape index (κ1) is 18.4. The van der Waals surface area contributed by atoms with Gasteiger partial charge in [-0.25, -0.2) is 13.4 Å². The van der Waals surface area contributed by atoms with Crippen molar-refractivity contribution in [2.45, 2.75) is 31.4 Å². The second-order valence-electron chi connectivity index (χ2n) is 6.06. The van der Waals surface area contributed by atoms with E-state index in [1.54, 1.807) is 24.4 Å². The third-order valence-corrected chi connectivity index (χ3v) is 7.00.